The average Bonchev–Trinajstić information content (AvgIpc) is 3.79. The number of fused-ring (bicyclic) bond motifs is 3. The highest BCUT2D eigenvalue weighted by atomic mass is 16.1. The molecule has 0 bridgehead atoms. The van der Waals surface area contributed by atoms with Gasteiger partial charge in [0.2, 0.25) is 0 Å². The summed E-state index contributed by atoms with van der Waals surface area (Å²) < 4.78 is 5.60. The van der Waals surface area contributed by atoms with Crippen LogP contribution in [0.15, 0.2) is 18.5 Å². The van der Waals surface area contributed by atoms with E-state index in [1.165, 1.54) is 25.7 Å². The molecule has 0 aromatic carbocycles. The summed E-state index contributed by atoms with van der Waals surface area (Å²) in [5, 5.41) is 17.5. The number of hydrogen-bond acceptors (Lipinski definition) is 7. The quantitative estimate of drug-likeness (QED) is 0.372. The Kier molecular flexibility index (Phi) is 6.49. The van der Waals surface area contributed by atoms with Gasteiger partial charge in [-0.05, 0) is 52.6 Å². The molecule has 2 aliphatic rings. The Bertz CT molecular complexity index is 1430. The summed E-state index contributed by atoms with van der Waals surface area (Å²) in [6, 6.07) is 7.87. The number of carbonyl (C=O) groups excluding carboxylic acids is 1. The van der Waals surface area contributed by atoms with Crippen molar-refractivity contribution in [3.8, 4) is 6.07 Å². The first-order valence-corrected chi connectivity index (χ1v) is 12.6. The van der Waals surface area contributed by atoms with Gasteiger partial charge in [-0.15, -0.1) is 0 Å². The van der Waals surface area contributed by atoms with Gasteiger partial charge in [-0.1, -0.05) is 0 Å². The van der Waals surface area contributed by atoms with E-state index in [-0.39, 0.29) is 0 Å². The molecule has 4 heterocycles. The Morgan fingerprint density at radius 2 is 1.97 bits per heavy atom. The van der Waals surface area contributed by atoms with Gasteiger partial charge in [0.15, 0.2) is 17.9 Å². The average molecular weight is 488 g/mol. The lowest BCUT2D eigenvalue weighted by Crippen LogP contribution is -2.22. The minimum absolute atomic E-state index is 0.398. The molecule has 188 valence electrons. The zero-order chi connectivity index (χ0) is 25.4. The fourth-order valence-electron chi connectivity index (χ4n) is 4.79. The minimum Gasteiger partial charge on any atom is -0.333 e. The lowest BCUT2D eigenvalue weighted by atomic mass is 10.2. The van der Waals surface area contributed by atoms with Gasteiger partial charge in [-0.25, -0.2) is 9.97 Å². The van der Waals surface area contributed by atoms with E-state index in [1.807, 2.05) is 42.2 Å². The third-order valence-corrected chi connectivity index (χ3v) is 7.08. The molecule has 0 atom stereocenters. The fraction of sp³-hybridized carbons (Fsp3) is 0.500. The van der Waals surface area contributed by atoms with Crippen LogP contribution in [-0.4, -0.2) is 59.2 Å². The van der Waals surface area contributed by atoms with E-state index in [9.17, 15) is 4.79 Å². The number of aromatic nitrogens is 6. The smallest absolute Gasteiger partial charge is 0.166 e. The third kappa shape index (κ3) is 4.58. The van der Waals surface area contributed by atoms with E-state index in [2.05, 4.69) is 33.4 Å². The van der Waals surface area contributed by atoms with Crippen LogP contribution in [0.25, 0.3) is 22.1 Å². The number of anilines is 2. The van der Waals surface area contributed by atoms with Crippen molar-refractivity contribution in [2.45, 2.75) is 71.1 Å². The second-order valence-corrected chi connectivity index (χ2v) is 9.74. The van der Waals surface area contributed by atoms with Crippen molar-refractivity contribution in [2.24, 2.45) is 7.05 Å². The van der Waals surface area contributed by atoms with Gasteiger partial charge in [-0.3, -0.25) is 9.48 Å². The van der Waals surface area contributed by atoms with Gasteiger partial charge in [0.05, 0.1) is 36.6 Å². The van der Waals surface area contributed by atoms with E-state index in [1.54, 1.807) is 11.0 Å². The molecule has 0 spiro atoms. The van der Waals surface area contributed by atoms with Crippen molar-refractivity contribution in [1.82, 2.24) is 33.8 Å². The number of carbonyl (C=O) groups is 1. The summed E-state index contributed by atoms with van der Waals surface area (Å²) in [6.45, 7) is 5.10. The summed E-state index contributed by atoms with van der Waals surface area (Å²) >= 11 is 0. The van der Waals surface area contributed by atoms with Crippen LogP contribution in [0, 0.1) is 18.3 Å². The van der Waals surface area contributed by atoms with Crippen molar-refractivity contribution in [1.29, 1.82) is 5.26 Å². The molecule has 6 rings (SSSR count). The highest BCUT2D eigenvalue weighted by Crippen LogP contribution is 2.35. The second-order valence-electron chi connectivity index (χ2n) is 9.74. The van der Waals surface area contributed by atoms with Crippen molar-refractivity contribution >= 4 is 40.0 Å². The van der Waals surface area contributed by atoms with Crippen molar-refractivity contribution in [2.75, 3.05) is 12.4 Å². The topological polar surface area (TPSA) is 110 Å². The summed E-state index contributed by atoms with van der Waals surface area (Å²) in [4.78, 5) is 23.3. The molecule has 2 aliphatic carbocycles. The number of imidazole rings is 1. The summed E-state index contributed by atoms with van der Waals surface area (Å²) in [5.74, 6) is 1.22. The molecule has 36 heavy (non-hydrogen) atoms. The molecule has 2 fully saturated rings. The predicted octanol–water partition coefficient (Wildman–Crippen LogP) is 4.16. The number of nitrogens with zero attached hydrogens (tertiary/aromatic N) is 8. The highest BCUT2D eigenvalue weighted by Gasteiger charge is 2.36. The van der Waals surface area contributed by atoms with Crippen LogP contribution in [-0.2, 0) is 20.1 Å². The van der Waals surface area contributed by atoms with Crippen LogP contribution in [0.1, 0.15) is 55.2 Å². The first kappa shape index (κ1) is 24.0. The van der Waals surface area contributed by atoms with Crippen LogP contribution in [0.2, 0.25) is 0 Å². The third-order valence-electron chi connectivity index (χ3n) is 7.08. The van der Waals surface area contributed by atoms with Crippen LogP contribution in [0.3, 0.4) is 0 Å². The standard InChI is InChI=1S/C19H20N8O.C7H13N/c1-4-26-13(10-28)9-14-17-16(21-11-25(17)3)18(23-19(14)26)22-15-8-12(2)27(24-15)7-5-6-20;1-8(6-2-3-6)7-4-5-7/h8-11H,4-5,7H2,1-3H3,(H,22,23,24);6-7H,2-5H2,1H3. The molecule has 0 aliphatic heterocycles. The van der Waals surface area contributed by atoms with Gasteiger partial charge < -0.3 is 19.4 Å². The molecule has 2 saturated carbocycles. The van der Waals surface area contributed by atoms with Gasteiger partial charge in [0.25, 0.3) is 0 Å². The number of aryl methyl sites for hydroxylation is 4. The summed E-state index contributed by atoms with van der Waals surface area (Å²) in [6.07, 6.45) is 8.84. The predicted molar refractivity (Wildman–Crippen MR) is 139 cm³/mol. The largest absolute Gasteiger partial charge is 0.333 e. The molecule has 0 radical (unpaired) electrons. The van der Waals surface area contributed by atoms with Gasteiger partial charge >= 0.3 is 0 Å². The molecule has 0 saturated heterocycles. The number of hydrogen-bond donors (Lipinski definition) is 1. The summed E-state index contributed by atoms with van der Waals surface area (Å²) in [7, 11) is 4.19. The zero-order valence-electron chi connectivity index (χ0n) is 21.4. The molecule has 1 N–H and O–H groups in total. The van der Waals surface area contributed by atoms with Crippen LogP contribution in [0.5, 0.6) is 0 Å². The van der Waals surface area contributed by atoms with Gasteiger partial charge in [0, 0.05) is 42.8 Å². The van der Waals surface area contributed by atoms with Crippen molar-refractivity contribution in [3.05, 3.63) is 29.8 Å². The van der Waals surface area contributed by atoms with Gasteiger partial charge in [-0.2, -0.15) is 10.4 Å². The number of aldehydes is 1. The Labute approximate surface area is 210 Å². The van der Waals surface area contributed by atoms with Crippen LogP contribution >= 0.6 is 0 Å². The van der Waals surface area contributed by atoms with Crippen molar-refractivity contribution in [3.63, 3.8) is 0 Å². The van der Waals surface area contributed by atoms with E-state index >= 15 is 0 Å². The summed E-state index contributed by atoms with van der Waals surface area (Å²) in [5.41, 5.74) is 3.88. The lowest BCUT2D eigenvalue weighted by Gasteiger charge is -2.12. The number of nitriles is 1. The monoisotopic (exact) mass is 487 g/mol. The van der Waals surface area contributed by atoms with E-state index in [0.717, 1.165) is 40.6 Å². The minimum atomic E-state index is 0.398. The Morgan fingerprint density at radius 3 is 2.58 bits per heavy atom. The molecule has 4 aromatic heterocycles. The normalized spacial score (nSPS) is 15.2. The molecular weight excluding hydrogens is 454 g/mol. The second kappa shape index (κ2) is 9.74. The van der Waals surface area contributed by atoms with Crippen LogP contribution < -0.4 is 5.32 Å². The van der Waals surface area contributed by atoms with E-state index in [4.69, 9.17) is 10.2 Å². The highest BCUT2D eigenvalue weighted by molar-refractivity contribution is 6.08. The van der Waals surface area contributed by atoms with E-state index in [0.29, 0.717) is 42.4 Å². The Balaban J connectivity index is 0.000000280. The maximum atomic E-state index is 11.5. The maximum Gasteiger partial charge on any atom is 0.166 e. The van der Waals surface area contributed by atoms with Crippen molar-refractivity contribution < 1.29 is 4.79 Å². The Morgan fingerprint density at radius 1 is 1.25 bits per heavy atom. The SMILES string of the molecule is CCn1c(C=O)cc2c3c(ncn3C)c(Nc3cc(C)n(CCC#N)n3)nc21.CN(C1CC1)C1CC1. The number of nitrogens with one attached hydrogen (secondary N) is 1. The van der Waals surface area contributed by atoms with E-state index < -0.39 is 0 Å². The molecule has 10 heteroatoms. The molecular formula is C26H33N9O. The first-order chi connectivity index (χ1) is 17.4. The maximum absolute atomic E-state index is 11.5. The number of rotatable bonds is 8. The first-order valence-electron chi connectivity index (χ1n) is 12.6. The molecule has 0 amide bonds. The Hall–Kier alpha value is -3.71. The number of pyridine rings is 1. The van der Waals surface area contributed by atoms with Crippen LogP contribution in [0.4, 0.5) is 11.6 Å². The molecule has 4 aromatic rings. The zero-order valence-corrected chi connectivity index (χ0v) is 21.4. The molecule has 0 unspecified atom stereocenters. The lowest BCUT2D eigenvalue weighted by molar-refractivity contribution is 0.111. The van der Waals surface area contributed by atoms with Gasteiger partial charge in [0.1, 0.15) is 11.2 Å². The fourth-order valence-corrected chi connectivity index (χ4v) is 4.79. The molecule has 10 nitrogen and oxygen atoms in total.